The number of rotatable bonds is 7. The molecule has 2 aromatic rings. The summed E-state index contributed by atoms with van der Waals surface area (Å²) >= 11 is 0. The molecule has 0 spiro atoms. The summed E-state index contributed by atoms with van der Waals surface area (Å²) in [7, 11) is 0. The van der Waals surface area contributed by atoms with Crippen molar-refractivity contribution in [2.45, 2.75) is 45.3 Å². The first kappa shape index (κ1) is 21.6. The fraction of sp³-hybridized carbons (Fsp3) is 0.375. The number of hydrogen-bond acceptors (Lipinski definition) is 4. The number of amides is 2. The summed E-state index contributed by atoms with van der Waals surface area (Å²) in [4.78, 5) is 38.4. The first-order valence-corrected chi connectivity index (χ1v) is 10.4. The van der Waals surface area contributed by atoms with E-state index >= 15 is 0 Å². The zero-order chi connectivity index (χ0) is 21.3. The second-order valence-corrected chi connectivity index (χ2v) is 7.65. The van der Waals surface area contributed by atoms with Gasteiger partial charge in [-0.15, -0.1) is 0 Å². The van der Waals surface area contributed by atoms with Crippen LogP contribution in [0, 0.1) is 6.92 Å². The van der Waals surface area contributed by atoms with Crippen LogP contribution in [0.5, 0.6) is 0 Å². The van der Waals surface area contributed by atoms with E-state index in [2.05, 4.69) is 5.32 Å². The third-order valence-electron chi connectivity index (χ3n) is 5.32. The zero-order valence-corrected chi connectivity index (χ0v) is 17.3. The molecule has 3 rings (SSSR count). The number of nitrogens with zero attached hydrogens (tertiary/aromatic N) is 1. The molecule has 1 aliphatic rings. The average molecular weight is 408 g/mol. The fourth-order valence-corrected chi connectivity index (χ4v) is 3.47. The van der Waals surface area contributed by atoms with Gasteiger partial charge in [0.1, 0.15) is 6.61 Å². The first-order valence-electron chi connectivity index (χ1n) is 10.4. The highest BCUT2D eigenvalue weighted by Crippen LogP contribution is 2.14. The number of alkyl carbamates (subject to hydrolysis) is 1. The maximum Gasteiger partial charge on any atom is 0.407 e. The van der Waals surface area contributed by atoms with E-state index in [1.165, 1.54) is 0 Å². The van der Waals surface area contributed by atoms with Crippen LogP contribution in [0.2, 0.25) is 0 Å². The SMILES string of the molecule is Cc1ccc(C(=O)CCC(=O)N2CCC(NC(=O)OCc3ccccc3)CC2)cc1. The lowest BCUT2D eigenvalue weighted by atomic mass is 10.0. The fourth-order valence-electron chi connectivity index (χ4n) is 3.47. The molecule has 0 radical (unpaired) electrons. The van der Waals surface area contributed by atoms with Crippen LogP contribution >= 0.6 is 0 Å². The van der Waals surface area contributed by atoms with Gasteiger partial charge in [-0.1, -0.05) is 60.2 Å². The number of ketones is 1. The normalized spacial score (nSPS) is 14.2. The van der Waals surface area contributed by atoms with Gasteiger partial charge in [0.15, 0.2) is 5.78 Å². The molecule has 0 bridgehead atoms. The number of hydrogen-bond donors (Lipinski definition) is 1. The third kappa shape index (κ3) is 6.44. The summed E-state index contributed by atoms with van der Waals surface area (Å²) in [5.41, 5.74) is 2.68. The monoisotopic (exact) mass is 408 g/mol. The van der Waals surface area contributed by atoms with Gasteiger partial charge in [0.05, 0.1) is 0 Å². The molecule has 1 N–H and O–H groups in total. The molecule has 1 fully saturated rings. The van der Waals surface area contributed by atoms with Crippen molar-refractivity contribution in [2.24, 2.45) is 0 Å². The number of piperidine rings is 1. The number of carbonyl (C=O) groups is 3. The van der Waals surface area contributed by atoms with Gasteiger partial charge >= 0.3 is 6.09 Å². The molecule has 2 amide bonds. The van der Waals surface area contributed by atoms with E-state index < -0.39 is 6.09 Å². The second kappa shape index (κ2) is 10.6. The molecule has 6 heteroatoms. The number of carbonyl (C=O) groups excluding carboxylic acids is 3. The molecule has 0 saturated carbocycles. The average Bonchev–Trinajstić information content (AvgIpc) is 2.77. The molecule has 30 heavy (non-hydrogen) atoms. The van der Waals surface area contributed by atoms with E-state index in [1.807, 2.05) is 49.4 Å². The van der Waals surface area contributed by atoms with Crippen LogP contribution in [0.1, 0.15) is 47.2 Å². The quantitative estimate of drug-likeness (QED) is 0.706. The Kier molecular flexibility index (Phi) is 7.60. The minimum atomic E-state index is -0.438. The molecule has 0 atom stereocenters. The van der Waals surface area contributed by atoms with Crippen LogP contribution in [0.3, 0.4) is 0 Å². The lowest BCUT2D eigenvalue weighted by molar-refractivity contribution is -0.132. The van der Waals surface area contributed by atoms with Crippen molar-refractivity contribution in [1.82, 2.24) is 10.2 Å². The summed E-state index contributed by atoms with van der Waals surface area (Å²) in [6, 6.07) is 16.9. The minimum absolute atomic E-state index is 0.00786. The maximum atomic E-state index is 12.4. The van der Waals surface area contributed by atoms with Crippen LogP contribution in [-0.4, -0.2) is 41.8 Å². The van der Waals surface area contributed by atoms with E-state index in [-0.39, 0.29) is 37.2 Å². The first-order chi connectivity index (χ1) is 14.5. The van der Waals surface area contributed by atoms with Crippen LogP contribution in [-0.2, 0) is 16.1 Å². The highest BCUT2D eigenvalue weighted by molar-refractivity contribution is 5.98. The summed E-state index contributed by atoms with van der Waals surface area (Å²) < 4.78 is 5.25. The maximum absolute atomic E-state index is 12.4. The number of nitrogens with one attached hydrogen (secondary N) is 1. The molecular formula is C24H28N2O4. The Balaban J connectivity index is 1.35. The summed E-state index contributed by atoms with van der Waals surface area (Å²) in [6.45, 7) is 3.35. The molecule has 1 saturated heterocycles. The van der Waals surface area contributed by atoms with Gasteiger partial charge in [0, 0.05) is 37.5 Å². The molecular weight excluding hydrogens is 380 g/mol. The Morgan fingerprint density at radius 3 is 2.30 bits per heavy atom. The molecule has 0 aromatic heterocycles. The smallest absolute Gasteiger partial charge is 0.407 e. The van der Waals surface area contributed by atoms with E-state index in [0.717, 1.165) is 11.1 Å². The van der Waals surface area contributed by atoms with Crippen molar-refractivity contribution in [3.05, 3.63) is 71.3 Å². The highest BCUT2D eigenvalue weighted by atomic mass is 16.5. The Morgan fingerprint density at radius 2 is 1.63 bits per heavy atom. The molecule has 158 valence electrons. The Morgan fingerprint density at radius 1 is 0.967 bits per heavy atom. The summed E-state index contributed by atoms with van der Waals surface area (Å²) in [5.74, 6) is -0.0263. The van der Waals surface area contributed by atoms with Crippen LogP contribution in [0.4, 0.5) is 4.79 Å². The number of ether oxygens (including phenoxy) is 1. The number of Topliss-reactive ketones (excluding diaryl/α,β-unsaturated/α-hetero) is 1. The Hall–Kier alpha value is -3.15. The van der Waals surface area contributed by atoms with Crippen LogP contribution in [0.25, 0.3) is 0 Å². The van der Waals surface area contributed by atoms with Crippen LogP contribution < -0.4 is 5.32 Å². The van der Waals surface area contributed by atoms with Gasteiger partial charge in [-0.2, -0.15) is 0 Å². The standard InChI is InChI=1S/C24H28N2O4/c1-18-7-9-20(10-8-18)22(27)11-12-23(28)26-15-13-21(14-16-26)25-24(29)30-17-19-5-3-2-4-6-19/h2-10,21H,11-17H2,1H3,(H,25,29). The summed E-state index contributed by atoms with van der Waals surface area (Å²) in [6.07, 6.45) is 1.35. The molecule has 1 aliphatic heterocycles. The molecule has 1 heterocycles. The van der Waals surface area contributed by atoms with E-state index in [0.29, 0.717) is 31.5 Å². The van der Waals surface area contributed by atoms with Crippen molar-refractivity contribution >= 4 is 17.8 Å². The second-order valence-electron chi connectivity index (χ2n) is 7.65. The lowest BCUT2D eigenvalue weighted by Gasteiger charge is -2.32. The van der Waals surface area contributed by atoms with E-state index in [9.17, 15) is 14.4 Å². The lowest BCUT2D eigenvalue weighted by Crippen LogP contribution is -2.46. The Bertz CT molecular complexity index is 857. The molecule has 0 aliphatic carbocycles. The van der Waals surface area contributed by atoms with Crippen molar-refractivity contribution in [3.8, 4) is 0 Å². The number of benzene rings is 2. The van der Waals surface area contributed by atoms with Crippen LogP contribution in [0.15, 0.2) is 54.6 Å². The van der Waals surface area contributed by atoms with E-state index in [1.54, 1.807) is 17.0 Å². The van der Waals surface area contributed by atoms with Crippen molar-refractivity contribution in [1.29, 1.82) is 0 Å². The largest absolute Gasteiger partial charge is 0.445 e. The molecule has 6 nitrogen and oxygen atoms in total. The summed E-state index contributed by atoms with van der Waals surface area (Å²) in [5, 5.41) is 2.87. The van der Waals surface area contributed by atoms with E-state index in [4.69, 9.17) is 4.74 Å². The molecule has 0 unspecified atom stereocenters. The minimum Gasteiger partial charge on any atom is -0.445 e. The van der Waals surface area contributed by atoms with Crippen molar-refractivity contribution in [3.63, 3.8) is 0 Å². The predicted molar refractivity (Wildman–Crippen MR) is 114 cm³/mol. The van der Waals surface area contributed by atoms with Gasteiger partial charge in [0.25, 0.3) is 0 Å². The number of likely N-dealkylation sites (tertiary alicyclic amines) is 1. The number of aryl methyl sites for hydroxylation is 1. The third-order valence-corrected chi connectivity index (χ3v) is 5.32. The van der Waals surface area contributed by atoms with Gasteiger partial charge in [-0.05, 0) is 25.3 Å². The van der Waals surface area contributed by atoms with Crippen molar-refractivity contribution in [2.75, 3.05) is 13.1 Å². The predicted octanol–water partition coefficient (Wildman–Crippen LogP) is 3.88. The van der Waals surface area contributed by atoms with Gasteiger partial charge < -0.3 is 15.0 Å². The molecule has 2 aromatic carbocycles. The topological polar surface area (TPSA) is 75.7 Å². The zero-order valence-electron chi connectivity index (χ0n) is 17.3. The van der Waals surface area contributed by atoms with Gasteiger partial charge in [-0.3, -0.25) is 9.59 Å². The highest BCUT2D eigenvalue weighted by Gasteiger charge is 2.24. The Labute approximate surface area is 177 Å². The van der Waals surface area contributed by atoms with Gasteiger partial charge in [-0.25, -0.2) is 4.79 Å². The van der Waals surface area contributed by atoms with Gasteiger partial charge in [0.2, 0.25) is 5.91 Å². The van der Waals surface area contributed by atoms with Crippen molar-refractivity contribution < 1.29 is 19.1 Å².